The van der Waals surface area contributed by atoms with Gasteiger partial charge in [-0.05, 0) is 42.0 Å². The van der Waals surface area contributed by atoms with Crippen molar-refractivity contribution >= 4 is 28.9 Å². The van der Waals surface area contributed by atoms with Gasteiger partial charge in [0.1, 0.15) is 17.3 Å². The number of hydrogen-bond donors (Lipinski definition) is 2. The summed E-state index contributed by atoms with van der Waals surface area (Å²) in [6.07, 6.45) is -0.228. The molecule has 2 N–H and O–H groups in total. The van der Waals surface area contributed by atoms with E-state index in [1.165, 1.54) is 0 Å². The van der Waals surface area contributed by atoms with Crippen LogP contribution in [0.2, 0.25) is 0 Å². The van der Waals surface area contributed by atoms with Gasteiger partial charge >= 0.3 is 0 Å². The molecule has 0 saturated heterocycles. The molecule has 7 heteroatoms. The minimum absolute atomic E-state index is 0.158. The van der Waals surface area contributed by atoms with Gasteiger partial charge in [-0.3, -0.25) is 9.59 Å². The zero-order chi connectivity index (χ0) is 28.6. The number of amides is 2. The monoisotopic (exact) mass is 541 g/mol. The summed E-state index contributed by atoms with van der Waals surface area (Å²) >= 11 is 0. The summed E-state index contributed by atoms with van der Waals surface area (Å²) in [5.41, 5.74) is 2.96. The van der Waals surface area contributed by atoms with E-state index in [1.807, 2.05) is 78.9 Å². The van der Waals surface area contributed by atoms with Crippen LogP contribution in [0, 0.1) is 11.3 Å². The average Bonchev–Trinajstić information content (AvgIpc) is 3.01. The van der Waals surface area contributed by atoms with Gasteiger partial charge in [-0.15, -0.1) is 0 Å². The van der Waals surface area contributed by atoms with Gasteiger partial charge in [0.25, 0.3) is 5.91 Å². The van der Waals surface area contributed by atoms with E-state index in [1.54, 1.807) is 43.5 Å². The van der Waals surface area contributed by atoms with Crippen molar-refractivity contribution in [2.45, 2.75) is 12.3 Å². The molecule has 7 nitrogen and oxygen atoms in total. The van der Waals surface area contributed by atoms with E-state index >= 15 is 0 Å². The van der Waals surface area contributed by atoms with E-state index in [2.05, 4.69) is 16.7 Å². The van der Waals surface area contributed by atoms with Crippen molar-refractivity contribution in [1.29, 1.82) is 5.26 Å². The summed E-state index contributed by atoms with van der Waals surface area (Å²) in [5, 5.41) is 16.2. The number of anilines is 2. The molecule has 1 unspecified atom stereocenters. The maximum Gasteiger partial charge on any atom is 0.256 e. The smallest absolute Gasteiger partial charge is 0.256 e. The lowest BCUT2D eigenvalue weighted by Gasteiger charge is -2.30. The van der Waals surface area contributed by atoms with Gasteiger partial charge in [0.05, 0.1) is 36.7 Å². The summed E-state index contributed by atoms with van der Waals surface area (Å²) in [5.74, 6) is -0.554. The van der Waals surface area contributed by atoms with Crippen LogP contribution in [-0.2, 0) is 14.3 Å². The topological polar surface area (TPSA) is 100 Å². The highest BCUT2D eigenvalue weighted by atomic mass is 16.5. The Labute approximate surface area is 238 Å². The van der Waals surface area contributed by atoms with Crippen LogP contribution in [-0.4, -0.2) is 18.9 Å². The van der Waals surface area contributed by atoms with Gasteiger partial charge in [-0.2, -0.15) is 5.26 Å². The first-order chi connectivity index (χ1) is 20.1. The predicted octanol–water partition coefficient (Wildman–Crippen LogP) is 6.67. The van der Waals surface area contributed by atoms with Gasteiger partial charge in [0, 0.05) is 16.9 Å². The third-order valence-corrected chi connectivity index (χ3v) is 6.61. The van der Waals surface area contributed by atoms with Gasteiger partial charge in [-0.25, -0.2) is 0 Å². The number of hydrogen-bond acceptors (Lipinski definition) is 5. The minimum atomic E-state index is -0.807. The molecule has 5 rings (SSSR count). The molecule has 0 radical (unpaired) electrons. The highest BCUT2D eigenvalue weighted by Crippen LogP contribution is 2.45. The number of nitrogens with one attached hydrogen (secondary N) is 2. The predicted molar refractivity (Wildman–Crippen MR) is 158 cm³/mol. The first-order valence-electron chi connectivity index (χ1n) is 13.0. The lowest BCUT2D eigenvalue weighted by molar-refractivity contribution is -0.116. The molecular formula is C34H27N3O4. The molecule has 0 fully saturated rings. The molecule has 1 aliphatic rings. The number of carbonyl (C=O) groups excluding carboxylic acids is 2. The first-order valence-corrected chi connectivity index (χ1v) is 13.0. The molecule has 0 aromatic heterocycles. The number of carbonyl (C=O) groups is 2. The van der Waals surface area contributed by atoms with E-state index in [0.29, 0.717) is 34.0 Å². The van der Waals surface area contributed by atoms with Crippen molar-refractivity contribution in [3.05, 3.63) is 143 Å². The second-order valence-corrected chi connectivity index (χ2v) is 9.28. The van der Waals surface area contributed by atoms with Crippen molar-refractivity contribution in [3.63, 3.8) is 0 Å². The van der Waals surface area contributed by atoms with Crippen LogP contribution in [0.15, 0.2) is 132 Å². The van der Waals surface area contributed by atoms with E-state index in [-0.39, 0.29) is 29.2 Å². The van der Waals surface area contributed by atoms with E-state index < -0.39 is 11.8 Å². The Morgan fingerprint density at radius 2 is 1.37 bits per heavy atom. The van der Waals surface area contributed by atoms with Gasteiger partial charge in [-0.1, -0.05) is 78.9 Å². The van der Waals surface area contributed by atoms with Crippen LogP contribution in [0.25, 0.3) is 5.76 Å². The van der Waals surface area contributed by atoms with Crippen molar-refractivity contribution in [1.82, 2.24) is 0 Å². The number of rotatable bonds is 8. The molecule has 0 aliphatic carbocycles. The van der Waals surface area contributed by atoms with E-state index in [4.69, 9.17) is 9.47 Å². The summed E-state index contributed by atoms with van der Waals surface area (Å²) in [4.78, 5) is 27.3. The maximum atomic E-state index is 14.0. The van der Waals surface area contributed by atoms with Crippen LogP contribution in [0.5, 0.6) is 5.75 Å². The molecule has 1 atom stereocenters. The van der Waals surface area contributed by atoms with E-state index in [0.717, 1.165) is 0 Å². The van der Waals surface area contributed by atoms with Crippen LogP contribution >= 0.6 is 0 Å². The first kappa shape index (κ1) is 27.0. The molecule has 4 aromatic rings. The zero-order valence-corrected chi connectivity index (χ0v) is 22.3. The molecule has 1 aliphatic heterocycles. The van der Waals surface area contributed by atoms with Crippen LogP contribution in [0.1, 0.15) is 23.5 Å². The Balaban J connectivity index is 1.65. The van der Waals surface area contributed by atoms with E-state index in [9.17, 15) is 14.9 Å². The summed E-state index contributed by atoms with van der Waals surface area (Å²) in [7, 11) is 1.57. The molecular weight excluding hydrogens is 514 g/mol. The Morgan fingerprint density at radius 1 is 0.805 bits per heavy atom. The normalized spacial score (nSPS) is 14.5. The molecule has 0 bridgehead atoms. The third kappa shape index (κ3) is 6.18. The van der Waals surface area contributed by atoms with Crippen molar-refractivity contribution in [2.75, 3.05) is 17.7 Å². The third-order valence-electron chi connectivity index (χ3n) is 6.61. The number of nitriles is 1. The van der Waals surface area contributed by atoms with Gasteiger partial charge in [0.2, 0.25) is 5.91 Å². The van der Waals surface area contributed by atoms with Crippen LogP contribution < -0.4 is 15.4 Å². The number of ether oxygens (including phenoxy) is 2. The number of methoxy groups -OCH3 is 1. The number of allylic oxidation sites excluding steroid dienone is 1. The average molecular weight is 542 g/mol. The largest absolute Gasteiger partial charge is 0.497 e. The van der Waals surface area contributed by atoms with Crippen molar-refractivity contribution in [3.8, 4) is 11.8 Å². The SMILES string of the molecule is COc1ccc(C2C(C#N)=C(c3ccccc3)OC(CC(=O)Nc3ccccc3)=C2C(=O)Nc2ccccc2)cc1. The summed E-state index contributed by atoms with van der Waals surface area (Å²) in [6.45, 7) is 0. The molecule has 4 aromatic carbocycles. The summed E-state index contributed by atoms with van der Waals surface area (Å²) in [6, 6.07) is 36.7. The lowest BCUT2D eigenvalue weighted by atomic mass is 9.80. The van der Waals surface area contributed by atoms with Crippen molar-refractivity contribution in [2.24, 2.45) is 0 Å². The molecule has 0 saturated carbocycles. The zero-order valence-electron chi connectivity index (χ0n) is 22.3. The molecule has 202 valence electrons. The Hall–Kier alpha value is -5.61. The Bertz CT molecular complexity index is 1640. The van der Waals surface area contributed by atoms with Crippen LogP contribution in [0.4, 0.5) is 11.4 Å². The second kappa shape index (κ2) is 12.5. The summed E-state index contributed by atoms with van der Waals surface area (Å²) < 4.78 is 11.7. The Kier molecular flexibility index (Phi) is 8.22. The second-order valence-electron chi connectivity index (χ2n) is 9.28. The molecule has 41 heavy (non-hydrogen) atoms. The highest BCUT2D eigenvalue weighted by molar-refractivity contribution is 6.07. The van der Waals surface area contributed by atoms with Crippen molar-refractivity contribution < 1.29 is 19.1 Å². The standard InChI is InChI=1S/C34H27N3O4/c1-40-27-19-17-23(18-20-27)31-28(22-35)33(24-11-5-2-6-12-24)41-29(21-30(38)36-25-13-7-3-8-14-25)32(31)34(39)37-26-15-9-4-10-16-26/h2-20,31H,21H2,1H3,(H,36,38)(H,37,39). The maximum absolute atomic E-state index is 14.0. The fraction of sp³-hybridized carbons (Fsp3) is 0.0882. The number of para-hydroxylation sites is 2. The lowest BCUT2D eigenvalue weighted by Crippen LogP contribution is -2.28. The molecule has 1 heterocycles. The highest BCUT2D eigenvalue weighted by Gasteiger charge is 2.38. The van der Waals surface area contributed by atoms with Crippen LogP contribution in [0.3, 0.4) is 0 Å². The fourth-order valence-corrected chi connectivity index (χ4v) is 4.70. The number of nitrogens with zero attached hydrogens (tertiary/aromatic N) is 1. The molecule has 2 amide bonds. The Morgan fingerprint density at radius 3 is 1.93 bits per heavy atom. The molecule has 0 spiro atoms. The minimum Gasteiger partial charge on any atom is -0.497 e. The quantitative estimate of drug-likeness (QED) is 0.260. The van der Waals surface area contributed by atoms with Gasteiger partial charge < -0.3 is 20.1 Å². The van der Waals surface area contributed by atoms with Gasteiger partial charge in [0.15, 0.2) is 0 Å². The number of benzene rings is 4. The fourth-order valence-electron chi connectivity index (χ4n) is 4.70.